The molecule has 378 valence electrons. The molecule has 0 N–H and O–H groups in total. The lowest BCUT2D eigenvalue weighted by Gasteiger charge is -2.26. The molecule has 1 aromatic heterocycles. The summed E-state index contributed by atoms with van der Waals surface area (Å²) in [5.74, 6) is 0.376. The summed E-state index contributed by atoms with van der Waals surface area (Å²) in [6.07, 6.45) is 11.4. The Kier molecular flexibility index (Phi) is 14.5. The maximum absolute atomic E-state index is 6.32. The third-order valence-corrected chi connectivity index (χ3v) is 15.0. The van der Waals surface area contributed by atoms with Crippen LogP contribution in [0.25, 0.3) is 78.1 Å². The van der Waals surface area contributed by atoms with Crippen molar-refractivity contribution in [1.82, 2.24) is 4.57 Å². The van der Waals surface area contributed by atoms with E-state index < -0.39 is 0 Å². The summed E-state index contributed by atoms with van der Waals surface area (Å²) in [5, 5.41) is 2.44. The average Bonchev–Trinajstić information content (AvgIpc) is 3.97. The van der Waals surface area contributed by atoms with Gasteiger partial charge in [-0.15, -0.1) is 0 Å². The molecule has 1 atom stereocenters. The fraction of sp³-hybridized carbons (Fsp3) is 0.0811. The van der Waals surface area contributed by atoms with E-state index in [1.165, 1.54) is 55.2 Å². The second kappa shape index (κ2) is 22.9. The van der Waals surface area contributed by atoms with Gasteiger partial charge in [0.2, 0.25) is 0 Å². The van der Waals surface area contributed by atoms with Gasteiger partial charge in [0.05, 0.1) is 37.5 Å². The van der Waals surface area contributed by atoms with E-state index in [2.05, 4.69) is 284 Å². The normalized spacial score (nSPS) is 13.1. The van der Waals surface area contributed by atoms with Gasteiger partial charge >= 0.3 is 0 Å². The summed E-state index contributed by atoms with van der Waals surface area (Å²) in [6, 6.07) is 87.6. The summed E-state index contributed by atoms with van der Waals surface area (Å²) >= 11 is 0. The highest BCUT2D eigenvalue weighted by Gasteiger charge is 2.17. The molecule has 4 nitrogen and oxygen atoms in total. The van der Waals surface area contributed by atoms with E-state index in [-0.39, 0.29) is 0 Å². The number of anilines is 3. The number of nitrogens with zero attached hydrogens (tertiary/aromatic N) is 2. The van der Waals surface area contributed by atoms with Gasteiger partial charge in [-0.1, -0.05) is 213 Å². The van der Waals surface area contributed by atoms with Crippen LogP contribution in [0, 0.1) is 5.92 Å². The topological polar surface area (TPSA) is 26.6 Å². The molecule has 1 aliphatic rings. The molecule has 10 aromatic carbocycles. The maximum atomic E-state index is 6.32. The van der Waals surface area contributed by atoms with Crippen LogP contribution in [-0.2, 0) is 29.3 Å². The first kappa shape index (κ1) is 49.6. The van der Waals surface area contributed by atoms with Crippen LogP contribution in [0.2, 0.25) is 0 Å². The summed E-state index contributed by atoms with van der Waals surface area (Å²) < 4.78 is 14.8. The molecule has 0 bridgehead atoms. The second-order valence-electron chi connectivity index (χ2n) is 20.1. The van der Waals surface area contributed by atoms with Crippen LogP contribution < -0.4 is 4.90 Å². The largest absolute Gasteiger partial charge is 0.376 e. The lowest BCUT2D eigenvalue weighted by atomic mass is 9.97. The second-order valence-corrected chi connectivity index (χ2v) is 20.1. The van der Waals surface area contributed by atoms with Gasteiger partial charge in [0.15, 0.2) is 0 Å². The Balaban J connectivity index is 0.783. The molecule has 11 aromatic rings. The number of hydrogen-bond donors (Lipinski definition) is 0. The fourth-order valence-electron chi connectivity index (χ4n) is 10.7. The Morgan fingerprint density at radius 1 is 0.423 bits per heavy atom. The Morgan fingerprint density at radius 3 is 1.38 bits per heavy atom. The standard InChI is InChI=1S/C74H60N2O2/c1-3-53-15-19-55(20-16-53)49-77-51-57-23-26-60(27-24-57)63-34-41-69(42-35-63)75(68-39-32-62(33-40-68)59-11-7-5-8-12-59)70-43-36-64(37-44-70)61-28-30-65(31-29-61)66-38-46-74-72(48-66)71-47-58(52-78-50-56-21-17-54(4-2)18-22-56)25-45-73(71)76(74)67-13-9-6-10-14-67/h3-21,23-48,56H,1-2,22,49-52H2. The molecule has 0 fully saturated rings. The first-order valence-electron chi connectivity index (χ1n) is 26.9. The zero-order valence-corrected chi connectivity index (χ0v) is 43.7. The minimum absolute atomic E-state index is 0.376. The highest BCUT2D eigenvalue weighted by atomic mass is 16.5. The van der Waals surface area contributed by atoms with E-state index in [4.69, 9.17) is 9.47 Å². The molecule has 1 unspecified atom stereocenters. The zero-order chi connectivity index (χ0) is 52.6. The van der Waals surface area contributed by atoms with Crippen molar-refractivity contribution in [2.75, 3.05) is 11.5 Å². The Bertz CT molecular complexity index is 3910. The number of rotatable bonds is 18. The van der Waals surface area contributed by atoms with Crippen molar-refractivity contribution in [2.24, 2.45) is 5.92 Å². The summed E-state index contributed by atoms with van der Waals surface area (Å²) in [4.78, 5) is 2.34. The van der Waals surface area contributed by atoms with Gasteiger partial charge in [-0.25, -0.2) is 0 Å². The van der Waals surface area contributed by atoms with Gasteiger partial charge in [0.25, 0.3) is 0 Å². The first-order chi connectivity index (χ1) is 38.5. The van der Waals surface area contributed by atoms with Gasteiger partial charge in [0, 0.05) is 39.4 Å². The monoisotopic (exact) mass is 1010 g/mol. The van der Waals surface area contributed by atoms with Crippen molar-refractivity contribution in [3.63, 3.8) is 0 Å². The molecular formula is C74H60N2O2. The third-order valence-electron chi connectivity index (χ3n) is 15.0. The Morgan fingerprint density at radius 2 is 0.859 bits per heavy atom. The minimum Gasteiger partial charge on any atom is -0.376 e. The lowest BCUT2D eigenvalue weighted by molar-refractivity contribution is 0.0999. The number of aromatic nitrogens is 1. The molecule has 0 saturated heterocycles. The fourth-order valence-corrected chi connectivity index (χ4v) is 10.7. The molecule has 4 heteroatoms. The van der Waals surface area contributed by atoms with Crippen molar-refractivity contribution in [3.05, 3.63) is 308 Å². The lowest BCUT2D eigenvalue weighted by Crippen LogP contribution is -2.09. The van der Waals surface area contributed by atoms with Crippen LogP contribution in [0.5, 0.6) is 0 Å². The highest BCUT2D eigenvalue weighted by Crippen LogP contribution is 2.40. The molecule has 0 aliphatic heterocycles. The van der Waals surface area contributed by atoms with Crippen molar-refractivity contribution in [2.45, 2.75) is 26.2 Å². The van der Waals surface area contributed by atoms with Crippen LogP contribution >= 0.6 is 0 Å². The van der Waals surface area contributed by atoms with Gasteiger partial charge in [-0.3, -0.25) is 0 Å². The van der Waals surface area contributed by atoms with Crippen LogP contribution in [0.15, 0.2) is 286 Å². The SMILES string of the molecule is C=CC1=CCC(COCc2ccc3c(c2)c2cc(-c4ccc(-c5ccc(N(c6ccc(-c7ccccc7)cc6)c6ccc(-c7ccc(COCc8ccc(C=C)cc8)cc7)cc6)cc5)cc4)ccc2n3-c2ccccc2)C=C1. The summed E-state index contributed by atoms with van der Waals surface area (Å²) in [6.45, 7) is 10.1. The molecule has 0 radical (unpaired) electrons. The van der Waals surface area contributed by atoms with E-state index in [1.807, 2.05) is 12.2 Å². The molecule has 0 saturated carbocycles. The maximum Gasteiger partial charge on any atom is 0.0721 e. The van der Waals surface area contributed by atoms with Crippen molar-refractivity contribution < 1.29 is 9.47 Å². The molecular weight excluding hydrogens is 949 g/mol. The third kappa shape index (κ3) is 10.9. The van der Waals surface area contributed by atoms with Gasteiger partial charge < -0.3 is 18.9 Å². The van der Waals surface area contributed by atoms with E-state index in [0.717, 1.165) is 68.1 Å². The molecule has 78 heavy (non-hydrogen) atoms. The van der Waals surface area contributed by atoms with Crippen molar-refractivity contribution in [3.8, 4) is 50.2 Å². The predicted octanol–water partition coefficient (Wildman–Crippen LogP) is 19.5. The van der Waals surface area contributed by atoms with Gasteiger partial charge in [-0.2, -0.15) is 0 Å². The molecule has 12 rings (SSSR count). The van der Waals surface area contributed by atoms with Gasteiger partial charge in [-0.05, 0) is 152 Å². The molecule has 0 amide bonds. The number of benzene rings is 10. The number of ether oxygens (including phenoxy) is 2. The number of fused-ring (bicyclic) bond motifs is 3. The summed E-state index contributed by atoms with van der Waals surface area (Å²) in [7, 11) is 0. The van der Waals surface area contributed by atoms with E-state index in [0.29, 0.717) is 32.3 Å². The van der Waals surface area contributed by atoms with E-state index >= 15 is 0 Å². The predicted molar refractivity (Wildman–Crippen MR) is 327 cm³/mol. The average molecular weight is 1010 g/mol. The van der Waals surface area contributed by atoms with Crippen LogP contribution in [0.4, 0.5) is 17.1 Å². The minimum atomic E-state index is 0.376. The van der Waals surface area contributed by atoms with Crippen molar-refractivity contribution >= 4 is 44.9 Å². The quantitative estimate of drug-likeness (QED) is 0.0857. The van der Waals surface area contributed by atoms with E-state index in [9.17, 15) is 0 Å². The van der Waals surface area contributed by atoms with Crippen molar-refractivity contribution in [1.29, 1.82) is 0 Å². The number of allylic oxidation sites excluding steroid dienone is 4. The molecule has 1 heterocycles. The van der Waals surface area contributed by atoms with Crippen LogP contribution in [0.3, 0.4) is 0 Å². The summed E-state index contributed by atoms with van der Waals surface area (Å²) in [5.41, 5.74) is 21.9. The van der Waals surface area contributed by atoms with Gasteiger partial charge in [0.1, 0.15) is 0 Å². The first-order valence-corrected chi connectivity index (χ1v) is 26.9. The molecule has 1 aliphatic carbocycles. The smallest absolute Gasteiger partial charge is 0.0721 e. The zero-order valence-electron chi connectivity index (χ0n) is 43.7. The Labute approximate surface area is 458 Å². The highest BCUT2D eigenvalue weighted by molar-refractivity contribution is 6.10. The number of hydrogen-bond acceptors (Lipinski definition) is 3. The van der Waals surface area contributed by atoms with Crippen LogP contribution in [-0.4, -0.2) is 11.2 Å². The number of para-hydroxylation sites is 1. The Hall–Kier alpha value is -9.32. The van der Waals surface area contributed by atoms with Crippen LogP contribution in [0.1, 0.15) is 28.7 Å². The van der Waals surface area contributed by atoms with E-state index in [1.54, 1.807) is 0 Å². The molecule has 0 spiro atoms.